The summed E-state index contributed by atoms with van der Waals surface area (Å²) in [5, 5.41) is 0.574. The lowest BCUT2D eigenvalue weighted by Gasteiger charge is -2.26. The summed E-state index contributed by atoms with van der Waals surface area (Å²) < 4.78 is 3.96. The van der Waals surface area contributed by atoms with Crippen molar-refractivity contribution in [3.8, 4) is 5.69 Å². The zero-order valence-corrected chi connectivity index (χ0v) is 18.2. The van der Waals surface area contributed by atoms with Crippen LogP contribution in [0.1, 0.15) is 50.9 Å². The number of rotatable bonds is 3. The third kappa shape index (κ3) is 2.86. The van der Waals surface area contributed by atoms with E-state index in [4.69, 9.17) is 15.0 Å². The molecule has 32 heavy (non-hydrogen) atoms. The fourth-order valence-electron chi connectivity index (χ4n) is 5.14. The maximum Gasteiger partial charge on any atom is 0.265 e. The molecule has 1 saturated carbocycles. The minimum Gasteiger partial charge on any atom is -0.293 e. The Hall–Kier alpha value is -3.54. The second-order valence-electron chi connectivity index (χ2n) is 8.60. The summed E-state index contributed by atoms with van der Waals surface area (Å²) in [4.78, 5) is 29.0. The molecule has 0 saturated heterocycles. The van der Waals surface area contributed by atoms with Crippen LogP contribution in [0.4, 0.5) is 0 Å². The first kappa shape index (κ1) is 19.2. The lowest BCUT2D eigenvalue weighted by Crippen LogP contribution is -2.30. The highest BCUT2D eigenvalue weighted by atomic mass is 16.1. The van der Waals surface area contributed by atoms with E-state index in [-0.39, 0.29) is 11.6 Å². The fraction of sp³-hybridized carbons (Fsp3) is 0.308. The minimum absolute atomic E-state index is 0.0167. The van der Waals surface area contributed by atoms with Gasteiger partial charge in [0.05, 0.1) is 11.0 Å². The number of benzene rings is 2. The van der Waals surface area contributed by atoms with Gasteiger partial charge in [-0.3, -0.25) is 13.9 Å². The van der Waals surface area contributed by atoms with E-state index in [1.54, 1.807) is 0 Å². The minimum atomic E-state index is 0.0167. The van der Waals surface area contributed by atoms with Gasteiger partial charge in [0.2, 0.25) is 0 Å². The average Bonchev–Trinajstić information content (AvgIpc) is 3.16. The van der Waals surface area contributed by atoms with Gasteiger partial charge in [0.1, 0.15) is 16.7 Å². The van der Waals surface area contributed by atoms with Crippen LogP contribution in [0.2, 0.25) is 0 Å². The molecule has 6 nitrogen and oxygen atoms in total. The van der Waals surface area contributed by atoms with Crippen molar-refractivity contribution in [2.24, 2.45) is 0 Å². The summed E-state index contributed by atoms with van der Waals surface area (Å²) in [6.07, 6.45) is 6.34. The Morgan fingerprint density at radius 1 is 0.844 bits per heavy atom. The smallest absolute Gasteiger partial charge is 0.265 e. The summed E-state index contributed by atoms with van der Waals surface area (Å²) in [6, 6.07) is 18.0. The predicted molar refractivity (Wildman–Crippen MR) is 127 cm³/mol. The molecule has 2 aromatic carbocycles. The Labute approximate surface area is 185 Å². The Bertz CT molecular complexity index is 1510. The quantitative estimate of drug-likeness (QED) is 0.392. The van der Waals surface area contributed by atoms with Crippen molar-refractivity contribution in [1.29, 1.82) is 0 Å². The highest BCUT2D eigenvalue weighted by molar-refractivity contribution is 6.05. The molecule has 6 rings (SSSR count). The van der Waals surface area contributed by atoms with Crippen LogP contribution in [-0.4, -0.2) is 24.1 Å². The van der Waals surface area contributed by atoms with Crippen LogP contribution in [0, 0.1) is 0 Å². The maximum atomic E-state index is 14.0. The zero-order valence-electron chi connectivity index (χ0n) is 18.2. The lowest BCUT2D eigenvalue weighted by atomic mass is 9.95. The van der Waals surface area contributed by atoms with Crippen LogP contribution in [0.25, 0.3) is 38.9 Å². The van der Waals surface area contributed by atoms with Crippen molar-refractivity contribution in [3.05, 3.63) is 70.8 Å². The molecule has 160 valence electrons. The van der Waals surface area contributed by atoms with Gasteiger partial charge >= 0.3 is 0 Å². The van der Waals surface area contributed by atoms with Gasteiger partial charge in [0.15, 0.2) is 11.3 Å². The van der Waals surface area contributed by atoms with Gasteiger partial charge in [-0.05, 0) is 37.1 Å². The number of fused-ring (bicyclic) bond motifs is 4. The number of hydrogen-bond donors (Lipinski definition) is 0. The molecule has 0 bridgehead atoms. The van der Waals surface area contributed by atoms with Gasteiger partial charge in [0.25, 0.3) is 5.56 Å². The summed E-state index contributed by atoms with van der Waals surface area (Å²) in [5.74, 6) is 0.846. The second-order valence-corrected chi connectivity index (χ2v) is 8.60. The lowest BCUT2D eigenvalue weighted by molar-refractivity contribution is 0.337. The Balaban J connectivity index is 1.78. The largest absolute Gasteiger partial charge is 0.293 e. The van der Waals surface area contributed by atoms with Gasteiger partial charge in [-0.2, -0.15) is 0 Å². The SMILES string of the molecule is CCc1nc2c(c(=O)n1C1CCCCC1)c1nc3ccccc3nc1n2-c1ccccc1. The van der Waals surface area contributed by atoms with Gasteiger partial charge < -0.3 is 0 Å². The van der Waals surface area contributed by atoms with Crippen molar-refractivity contribution in [1.82, 2.24) is 24.1 Å². The number of aromatic nitrogens is 5. The molecule has 5 aromatic rings. The molecule has 0 N–H and O–H groups in total. The van der Waals surface area contributed by atoms with Crippen molar-refractivity contribution in [2.45, 2.75) is 51.5 Å². The average molecular weight is 424 g/mol. The first-order chi connectivity index (χ1) is 15.8. The summed E-state index contributed by atoms with van der Waals surface area (Å²) in [6.45, 7) is 2.08. The van der Waals surface area contributed by atoms with Gasteiger partial charge in [-0.15, -0.1) is 0 Å². The molecule has 3 aromatic heterocycles. The molecular formula is C26H25N5O. The highest BCUT2D eigenvalue weighted by Gasteiger charge is 2.26. The number of aryl methyl sites for hydroxylation is 1. The van der Waals surface area contributed by atoms with Crippen LogP contribution in [0.5, 0.6) is 0 Å². The number of para-hydroxylation sites is 3. The van der Waals surface area contributed by atoms with Crippen molar-refractivity contribution >= 4 is 33.2 Å². The molecule has 1 aliphatic rings. The molecule has 1 fully saturated rings. The van der Waals surface area contributed by atoms with Crippen LogP contribution < -0.4 is 5.56 Å². The van der Waals surface area contributed by atoms with E-state index in [1.165, 1.54) is 6.42 Å². The monoisotopic (exact) mass is 423 g/mol. The molecule has 0 spiro atoms. The van der Waals surface area contributed by atoms with E-state index < -0.39 is 0 Å². The van der Waals surface area contributed by atoms with Crippen molar-refractivity contribution in [3.63, 3.8) is 0 Å². The standard InChI is InChI=1S/C26H25N5O/c1-2-21-29-24-22(26(32)30(21)17-11-5-3-6-12-17)23-25(31(24)18-13-7-4-8-14-18)28-20-16-10-9-15-19(20)27-23/h4,7-10,13-17H,2-3,5-6,11-12H2,1H3. The third-order valence-electron chi connectivity index (χ3n) is 6.65. The second kappa shape index (κ2) is 7.55. The van der Waals surface area contributed by atoms with E-state index in [9.17, 15) is 4.79 Å². The van der Waals surface area contributed by atoms with E-state index in [1.807, 2.05) is 63.7 Å². The first-order valence-corrected chi connectivity index (χ1v) is 11.5. The van der Waals surface area contributed by atoms with Crippen LogP contribution in [0.15, 0.2) is 59.4 Å². The molecule has 6 heteroatoms. The van der Waals surface area contributed by atoms with Crippen LogP contribution in [0.3, 0.4) is 0 Å². The predicted octanol–water partition coefficient (Wildman–Crippen LogP) is 5.35. The summed E-state index contributed by atoms with van der Waals surface area (Å²) >= 11 is 0. The molecule has 0 amide bonds. The van der Waals surface area contributed by atoms with Crippen molar-refractivity contribution < 1.29 is 0 Å². The van der Waals surface area contributed by atoms with Gasteiger partial charge in [0, 0.05) is 18.2 Å². The normalized spacial score (nSPS) is 15.2. The molecule has 1 aliphatic carbocycles. The maximum absolute atomic E-state index is 14.0. The van der Waals surface area contributed by atoms with E-state index in [0.717, 1.165) is 48.2 Å². The van der Waals surface area contributed by atoms with Crippen LogP contribution >= 0.6 is 0 Å². The topological polar surface area (TPSA) is 65.6 Å². The molecule has 0 radical (unpaired) electrons. The number of hydrogen-bond acceptors (Lipinski definition) is 4. The Morgan fingerprint density at radius 3 is 2.25 bits per heavy atom. The van der Waals surface area contributed by atoms with Gasteiger partial charge in [-0.1, -0.05) is 56.5 Å². The molecular weight excluding hydrogens is 398 g/mol. The summed E-state index contributed by atoms with van der Waals surface area (Å²) in [5.41, 5.74) is 4.50. The molecule has 0 atom stereocenters. The number of nitrogens with zero attached hydrogens (tertiary/aromatic N) is 5. The fourth-order valence-corrected chi connectivity index (χ4v) is 5.14. The molecule has 0 unspecified atom stereocenters. The third-order valence-corrected chi connectivity index (χ3v) is 6.65. The van der Waals surface area contributed by atoms with E-state index in [0.29, 0.717) is 28.6 Å². The van der Waals surface area contributed by atoms with Crippen molar-refractivity contribution in [2.75, 3.05) is 0 Å². The Morgan fingerprint density at radius 2 is 1.53 bits per heavy atom. The first-order valence-electron chi connectivity index (χ1n) is 11.5. The van der Waals surface area contributed by atoms with E-state index in [2.05, 4.69) is 6.92 Å². The van der Waals surface area contributed by atoms with E-state index >= 15 is 0 Å². The van der Waals surface area contributed by atoms with Gasteiger partial charge in [-0.25, -0.2) is 15.0 Å². The Kier molecular flexibility index (Phi) is 4.52. The zero-order chi connectivity index (χ0) is 21.7. The molecule has 3 heterocycles. The summed E-state index contributed by atoms with van der Waals surface area (Å²) in [7, 11) is 0. The van der Waals surface area contributed by atoms with Crippen LogP contribution in [-0.2, 0) is 6.42 Å². The highest BCUT2D eigenvalue weighted by Crippen LogP contribution is 2.32. The molecule has 0 aliphatic heterocycles.